The van der Waals surface area contributed by atoms with Crippen molar-refractivity contribution in [1.29, 1.82) is 0 Å². The molecule has 96 valence electrons. The molecule has 0 amide bonds. The van der Waals surface area contributed by atoms with Crippen molar-refractivity contribution in [2.75, 3.05) is 0 Å². The molecule has 0 aliphatic carbocycles. The lowest BCUT2D eigenvalue weighted by Gasteiger charge is -2.10. The van der Waals surface area contributed by atoms with E-state index in [0.717, 1.165) is 20.7 Å². The van der Waals surface area contributed by atoms with Gasteiger partial charge in [0.1, 0.15) is 11.1 Å². The van der Waals surface area contributed by atoms with E-state index in [0.29, 0.717) is 12.5 Å². The average molecular weight is 347 g/mol. The fourth-order valence-corrected chi connectivity index (χ4v) is 2.99. The van der Waals surface area contributed by atoms with Gasteiger partial charge in [-0.25, -0.2) is 4.98 Å². The van der Waals surface area contributed by atoms with E-state index in [-0.39, 0.29) is 6.10 Å². The van der Waals surface area contributed by atoms with Crippen molar-refractivity contribution >= 4 is 38.9 Å². The molecule has 0 spiro atoms. The summed E-state index contributed by atoms with van der Waals surface area (Å²) >= 11 is 10.8. The lowest BCUT2D eigenvalue weighted by atomic mass is 10.2. The van der Waals surface area contributed by atoms with Crippen molar-refractivity contribution in [3.63, 3.8) is 0 Å². The molecule has 0 radical (unpaired) electrons. The monoisotopic (exact) mass is 345 g/mol. The highest BCUT2D eigenvalue weighted by Crippen LogP contribution is 2.23. The van der Waals surface area contributed by atoms with Crippen LogP contribution in [0.1, 0.15) is 29.3 Å². The van der Waals surface area contributed by atoms with Crippen LogP contribution in [-0.4, -0.2) is 4.98 Å². The number of rotatable bonds is 5. The van der Waals surface area contributed by atoms with E-state index in [4.69, 9.17) is 16.3 Å². The summed E-state index contributed by atoms with van der Waals surface area (Å²) in [5, 5.41) is 2.95. The van der Waals surface area contributed by atoms with Crippen LogP contribution in [0.3, 0.4) is 0 Å². The molecule has 0 bridgehead atoms. The number of thiazole rings is 1. The van der Waals surface area contributed by atoms with Crippen LogP contribution < -0.4 is 0 Å². The summed E-state index contributed by atoms with van der Waals surface area (Å²) in [6.07, 6.45) is -0.00838. The van der Waals surface area contributed by atoms with Crippen LogP contribution in [0.25, 0.3) is 0 Å². The van der Waals surface area contributed by atoms with Gasteiger partial charge in [0.2, 0.25) is 0 Å². The van der Waals surface area contributed by atoms with E-state index in [9.17, 15) is 0 Å². The third-order valence-corrected chi connectivity index (χ3v) is 4.26. The Morgan fingerprint density at radius 1 is 1.50 bits per heavy atom. The Balaban J connectivity index is 1.93. The van der Waals surface area contributed by atoms with Gasteiger partial charge in [-0.1, -0.05) is 28.1 Å². The molecule has 1 aromatic heterocycles. The molecular weight excluding hydrogens is 334 g/mol. The lowest BCUT2D eigenvalue weighted by Crippen LogP contribution is -2.00. The Morgan fingerprint density at radius 3 is 3.00 bits per heavy atom. The Bertz CT molecular complexity index is 517. The first-order chi connectivity index (χ1) is 8.69. The zero-order chi connectivity index (χ0) is 13.0. The van der Waals surface area contributed by atoms with Gasteiger partial charge in [0, 0.05) is 9.85 Å². The minimum atomic E-state index is -0.00838. The van der Waals surface area contributed by atoms with E-state index in [1.807, 2.05) is 30.5 Å². The van der Waals surface area contributed by atoms with Crippen molar-refractivity contribution in [2.45, 2.75) is 25.5 Å². The van der Waals surface area contributed by atoms with Crippen molar-refractivity contribution < 1.29 is 4.74 Å². The largest absolute Gasteiger partial charge is 0.367 e. The third kappa shape index (κ3) is 3.79. The van der Waals surface area contributed by atoms with Crippen molar-refractivity contribution in [1.82, 2.24) is 4.98 Å². The second kappa shape index (κ2) is 6.66. The maximum Gasteiger partial charge on any atom is 0.122 e. The highest BCUT2D eigenvalue weighted by atomic mass is 79.9. The molecule has 0 saturated carbocycles. The van der Waals surface area contributed by atoms with Crippen molar-refractivity contribution in [3.05, 3.63) is 50.4 Å². The van der Waals surface area contributed by atoms with Crippen molar-refractivity contribution in [3.8, 4) is 0 Å². The minimum absolute atomic E-state index is 0.00838. The molecule has 0 N–H and O–H groups in total. The average Bonchev–Trinajstić information content (AvgIpc) is 2.85. The SMILES string of the molecule is CC(OCc1cccc(Br)c1)c1nc(CCl)cs1. The molecule has 5 heteroatoms. The van der Waals surface area contributed by atoms with Gasteiger partial charge in [0.15, 0.2) is 0 Å². The first-order valence-electron chi connectivity index (χ1n) is 5.55. The molecular formula is C13H13BrClNOS. The summed E-state index contributed by atoms with van der Waals surface area (Å²) in [5.41, 5.74) is 2.06. The van der Waals surface area contributed by atoms with Gasteiger partial charge in [0.25, 0.3) is 0 Å². The van der Waals surface area contributed by atoms with Crippen LogP contribution >= 0.6 is 38.9 Å². The molecule has 2 nitrogen and oxygen atoms in total. The fraction of sp³-hybridized carbons (Fsp3) is 0.308. The number of alkyl halides is 1. The van der Waals surface area contributed by atoms with Gasteiger partial charge >= 0.3 is 0 Å². The summed E-state index contributed by atoms with van der Waals surface area (Å²) in [6.45, 7) is 2.59. The lowest BCUT2D eigenvalue weighted by molar-refractivity contribution is 0.0523. The molecule has 1 aromatic carbocycles. The number of halogens is 2. The zero-order valence-corrected chi connectivity index (χ0v) is 13.1. The fourth-order valence-electron chi connectivity index (χ4n) is 1.49. The first kappa shape index (κ1) is 14.0. The number of ether oxygens (including phenoxy) is 1. The van der Waals surface area contributed by atoms with E-state index in [1.165, 1.54) is 0 Å². The number of benzene rings is 1. The molecule has 0 aliphatic rings. The molecule has 2 aromatic rings. The molecule has 0 saturated heterocycles. The molecule has 0 fully saturated rings. The highest BCUT2D eigenvalue weighted by molar-refractivity contribution is 9.10. The standard InChI is InChI=1S/C13H13BrClNOS/c1-9(13-16-12(6-15)8-18-13)17-7-10-3-2-4-11(14)5-10/h2-5,8-9H,6-7H2,1H3. The van der Waals surface area contributed by atoms with Gasteiger partial charge in [-0.05, 0) is 24.6 Å². The van der Waals surface area contributed by atoms with Crippen LogP contribution in [0, 0.1) is 0 Å². The van der Waals surface area contributed by atoms with E-state index < -0.39 is 0 Å². The van der Waals surface area contributed by atoms with E-state index >= 15 is 0 Å². The quantitative estimate of drug-likeness (QED) is 0.717. The summed E-state index contributed by atoms with van der Waals surface area (Å²) in [7, 11) is 0. The first-order valence-corrected chi connectivity index (χ1v) is 7.76. The molecule has 1 atom stereocenters. The van der Waals surface area contributed by atoms with Crippen LogP contribution in [0.4, 0.5) is 0 Å². The maximum absolute atomic E-state index is 5.81. The normalized spacial score (nSPS) is 12.6. The van der Waals surface area contributed by atoms with Gasteiger partial charge in [0.05, 0.1) is 18.2 Å². The predicted molar refractivity (Wildman–Crippen MR) is 79.0 cm³/mol. The van der Waals surface area contributed by atoms with Gasteiger partial charge < -0.3 is 4.74 Å². The van der Waals surface area contributed by atoms with Gasteiger partial charge in [-0.15, -0.1) is 22.9 Å². The summed E-state index contributed by atoms with van der Waals surface area (Å²) in [4.78, 5) is 4.41. The van der Waals surface area contributed by atoms with Crippen LogP contribution in [0.2, 0.25) is 0 Å². The molecule has 0 aliphatic heterocycles. The van der Waals surface area contributed by atoms with Gasteiger partial charge in [-0.2, -0.15) is 0 Å². The zero-order valence-electron chi connectivity index (χ0n) is 9.90. The summed E-state index contributed by atoms with van der Waals surface area (Å²) < 4.78 is 6.88. The van der Waals surface area contributed by atoms with Crippen LogP contribution in [0.15, 0.2) is 34.1 Å². The Kier molecular flexibility index (Phi) is 5.18. The van der Waals surface area contributed by atoms with E-state index in [1.54, 1.807) is 11.3 Å². The Labute approximate surface area is 124 Å². The topological polar surface area (TPSA) is 22.1 Å². The third-order valence-electron chi connectivity index (χ3n) is 2.44. The highest BCUT2D eigenvalue weighted by Gasteiger charge is 2.10. The minimum Gasteiger partial charge on any atom is -0.367 e. The molecule has 1 heterocycles. The summed E-state index contributed by atoms with van der Waals surface area (Å²) in [5.74, 6) is 0.453. The number of hydrogen-bond donors (Lipinski definition) is 0. The smallest absolute Gasteiger partial charge is 0.122 e. The van der Waals surface area contributed by atoms with Crippen LogP contribution in [0.5, 0.6) is 0 Å². The van der Waals surface area contributed by atoms with Gasteiger partial charge in [-0.3, -0.25) is 0 Å². The summed E-state index contributed by atoms with van der Waals surface area (Å²) in [6, 6.07) is 8.10. The second-order valence-electron chi connectivity index (χ2n) is 3.89. The van der Waals surface area contributed by atoms with Crippen molar-refractivity contribution in [2.24, 2.45) is 0 Å². The predicted octanol–water partition coefficient (Wildman–Crippen LogP) is 4.92. The van der Waals surface area contributed by atoms with E-state index in [2.05, 4.69) is 27.0 Å². The Morgan fingerprint density at radius 2 is 2.33 bits per heavy atom. The Hall–Kier alpha value is -0.420. The van der Waals surface area contributed by atoms with Crippen LogP contribution in [-0.2, 0) is 17.2 Å². The maximum atomic E-state index is 5.81. The molecule has 1 unspecified atom stereocenters. The number of aromatic nitrogens is 1. The molecule has 2 rings (SSSR count). The number of hydrogen-bond acceptors (Lipinski definition) is 3. The number of nitrogens with zero attached hydrogens (tertiary/aromatic N) is 1. The second-order valence-corrected chi connectivity index (χ2v) is 5.97. The molecule has 18 heavy (non-hydrogen) atoms.